The summed E-state index contributed by atoms with van der Waals surface area (Å²) in [5.41, 5.74) is 1.18. The number of anilines is 1. The first-order valence-corrected chi connectivity index (χ1v) is 9.16. The van der Waals surface area contributed by atoms with Crippen molar-refractivity contribution >= 4 is 27.3 Å². The highest BCUT2D eigenvalue weighted by Gasteiger charge is 2.17. The van der Waals surface area contributed by atoms with Crippen LogP contribution in [0.2, 0.25) is 5.02 Å². The molecule has 1 heterocycles. The van der Waals surface area contributed by atoms with Crippen LogP contribution in [0, 0.1) is 6.92 Å². The van der Waals surface area contributed by atoms with Crippen LogP contribution >= 0.6 is 11.6 Å². The van der Waals surface area contributed by atoms with E-state index in [1.165, 1.54) is 12.1 Å². The fourth-order valence-corrected chi connectivity index (χ4v) is 3.60. The van der Waals surface area contributed by atoms with Crippen LogP contribution in [0.3, 0.4) is 0 Å². The number of sulfonamides is 1. The number of benzene rings is 2. The molecule has 128 valence electrons. The minimum atomic E-state index is -3.77. The Morgan fingerprint density at radius 1 is 0.960 bits per heavy atom. The van der Waals surface area contributed by atoms with Crippen LogP contribution in [-0.4, -0.2) is 18.6 Å². The van der Waals surface area contributed by atoms with E-state index in [-0.39, 0.29) is 9.92 Å². The average molecular weight is 376 g/mol. The molecule has 0 fully saturated rings. The molecular formula is C17H14ClN3O3S. The van der Waals surface area contributed by atoms with Crippen molar-refractivity contribution in [3.8, 4) is 11.6 Å². The van der Waals surface area contributed by atoms with Gasteiger partial charge in [0.25, 0.3) is 10.0 Å². The molecule has 1 aromatic heterocycles. The Bertz CT molecular complexity index is 975. The number of hydrogen-bond donors (Lipinski definition) is 1. The van der Waals surface area contributed by atoms with Crippen LogP contribution in [0.1, 0.15) is 5.69 Å². The predicted octanol–water partition coefficient (Wildman–Crippen LogP) is 4.03. The maximum Gasteiger partial charge on any atom is 0.263 e. The fourth-order valence-electron chi connectivity index (χ4n) is 2.03. The SMILES string of the molecule is Cc1ccc(Oc2ccc(NS(=O)(=O)c3ccccc3Cl)cc2)nn1. The van der Waals surface area contributed by atoms with E-state index in [0.717, 1.165) is 5.69 Å². The Labute approximate surface area is 150 Å². The molecule has 6 nitrogen and oxygen atoms in total. The molecule has 0 unspecified atom stereocenters. The van der Waals surface area contributed by atoms with Crippen molar-refractivity contribution < 1.29 is 13.2 Å². The van der Waals surface area contributed by atoms with E-state index < -0.39 is 10.0 Å². The minimum Gasteiger partial charge on any atom is -0.438 e. The zero-order valence-electron chi connectivity index (χ0n) is 13.2. The summed E-state index contributed by atoms with van der Waals surface area (Å²) in [5.74, 6) is 0.869. The molecule has 0 aliphatic heterocycles. The molecule has 0 radical (unpaired) electrons. The van der Waals surface area contributed by atoms with Crippen molar-refractivity contribution in [1.82, 2.24) is 10.2 Å². The third kappa shape index (κ3) is 4.26. The van der Waals surface area contributed by atoms with Gasteiger partial charge in [-0.3, -0.25) is 4.72 Å². The van der Waals surface area contributed by atoms with Gasteiger partial charge in [-0.05, 0) is 49.4 Å². The van der Waals surface area contributed by atoms with Crippen LogP contribution in [0.25, 0.3) is 0 Å². The van der Waals surface area contributed by atoms with Crippen LogP contribution in [-0.2, 0) is 10.0 Å². The number of halogens is 1. The molecule has 2 aromatic carbocycles. The lowest BCUT2D eigenvalue weighted by molar-refractivity contribution is 0.454. The number of aromatic nitrogens is 2. The molecular weight excluding hydrogens is 362 g/mol. The molecule has 3 aromatic rings. The molecule has 0 atom stereocenters. The van der Waals surface area contributed by atoms with Crippen molar-refractivity contribution in [2.45, 2.75) is 11.8 Å². The van der Waals surface area contributed by atoms with E-state index in [0.29, 0.717) is 17.3 Å². The van der Waals surface area contributed by atoms with E-state index in [4.69, 9.17) is 16.3 Å². The molecule has 25 heavy (non-hydrogen) atoms. The normalized spacial score (nSPS) is 11.1. The smallest absolute Gasteiger partial charge is 0.263 e. The summed E-state index contributed by atoms with van der Waals surface area (Å²) in [4.78, 5) is 0.0203. The third-order valence-corrected chi connectivity index (χ3v) is 5.11. The van der Waals surface area contributed by atoms with Crippen molar-refractivity contribution in [2.75, 3.05) is 4.72 Å². The van der Waals surface area contributed by atoms with Crippen molar-refractivity contribution in [1.29, 1.82) is 0 Å². The van der Waals surface area contributed by atoms with E-state index in [9.17, 15) is 8.42 Å². The first-order chi connectivity index (χ1) is 11.9. The third-order valence-electron chi connectivity index (χ3n) is 3.23. The van der Waals surface area contributed by atoms with Crippen LogP contribution in [0.5, 0.6) is 11.6 Å². The highest BCUT2D eigenvalue weighted by Crippen LogP contribution is 2.25. The quantitative estimate of drug-likeness (QED) is 0.728. The lowest BCUT2D eigenvalue weighted by Crippen LogP contribution is -2.13. The van der Waals surface area contributed by atoms with Gasteiger partial charge in [-0.15, -0.1) is 5.10 Å². The van der Waals surface area contributed by atoms with Gasteiger partial charge < -0.3 is 4.74 Å². The van der Waals surface area contributed by atoms with E-state index in [1.54, 1.807) is 48.5 Å². The van der Waals surface area contributed by atoms with Crippen LogP contribution < -0.4 is 9.46 Å². The molecule has 0 bridgehead atoms. The van der Waals surface area contributed by atoms with Gasteiger partial charge in [-0.1, -0.05) is 23.7 Å². The van der Waals surface area contributed by atoms with E-state index in [2.05, 4.69) is 14.9 Å². The summed E-state index contributed by atoms with van der Waals surface area (Å²) in [6.45, 7) is 1.83. The summed E-state index contributed by atoms with van der Waals surface area (Å²) in [6.07, 6.45) is 0. The van der Waals surface area contributed by atoms with Gasteiger partial charge in [0.2, 0.25) is 5.88 Å². The maximum atomic E-state index is 12.4. The number of aryl methyl sites for hydroxylation is 1. The number of ether oxygens (including phenoxy) is 1. The number of nitrogens with one attached hydrogen (secondary N) is 1. The van der Waals surface area contributed by atoms with Gasteiger partial charge in [0.1, 0.15) is 10.6 Å². The maximum absolute atomic E-state index is 12.4. The van der Waals surface area contributed by atoms with Gasteiger partial charge in [0, 0.05) is 11.8 Å². The monoisotopic (exact) mass is 375 g/mol. The molecule has 0 saturated carbocycles. The number of rotatable bonds is 5. The summed E-state index contributed by atoms with van der Waals surface area (Å²) >= 11 is 5.95. The topological polar surface area (TPSA) is 81.2 Å². The van der Waals surface area contributed by atoms with Gasteiger partial charge in [0.15, 0.2) is 0 Å². The summed E-state index contributed by atoms with van der Waals surface area (Å²) in [5, 5.41) is 7.97. The lowest BCUT2D eigenvalue weighted by atomic mass is 10.3. The fraction of sp³-hybridized carbons (Fsp3) is 0.0588. The van der Waals surface area contributed by atoms with Gasteiger partial charge in [0.05, 0.1) is 10.7 Å². The average Bonchev–Trinajstić information content (AvgIpc) is 2.59. The summed E-state index contributed by atoms with van der Waals surface area (Å²) < 4.78 is 32.8. The van der Waals surface area contributed by atoms with Crippen LogP contribution in [0.15, 0.2) is 65.6 Å². The van der Waals surface area contributed by atoms with E-state index >= 15 is 0 Å². The number of hydrogen-bond acceptors (Lipinski definition) is 5. The van der Waals surface area contributed by atoms with Gasteiger partial charge in [-0.25, -0.2) is 8.42 Å². The first kappa shape index (κ1) is 17.2. The Morgan fingerprint density at radius 2 is 1.68 bits per heavy atom. The Hall–Kier alpha value is -2.64. The zero-order valence-corrected chi connectivity index (χ0v) is 14.8. The second kappa shape index (κ2) is 7.08. The van der Waals surface area contributed by atoms with Crippen molar-refractivity contribution in [3.63, 3.8) is 0 Å². The molecule has 0 aliphatic carbocycles. The molecule has 0 aliphatic rings. The predicted molar refractivity (Wildman–Crippen MR) is 95.5 cm³/mol. The standard InChI is InChI=1S/C17H14ClN3O3S/c1-12-6-11-17(20-19-12)24-14-9-7-13(8-10-14)21-25(22,23)16-5-3-2-4-15(16)18/h2-11,21H,1H3. The van der Waals surface area contributed by atoms with Gasteiger partial charge >= 0.3 is 0 Å². The summed E-state index contributed by atoms with van der Waals surface area (Å²) in [7, 11) is -3.77. The zero-order chi connectivity index (χ0) is 17.9. The lowest BCUT2D eigenvalue weighted by Gasteiger charge is -2.10. The first-order valence-electron chi connectivity index (χ1n) is 7.30. The summed E-state index contributed by atoms with van der Waals surface area (Å²) in [6, 6.07) is 16.2. The largest absolute Gasteiger partial charge is 0.438 e. The Kier molecular flexibility index (Phi) is 4.87. The molecule has 1 N–H and O–H groups in total. The molecule has 3 rings (SSSR count). The molecule has 0 spiro atoms. The number of nitrogens with zero attached hydrogens (tertiary/aromatic N) is 2. The second-order valence-electron chi connectivity index (χ2n) is 5.18. The molecule has 0 saturated heterocycles. The van der Waals surface area contributed by atoms with Crippen LogP contribution in [0.4, 0.5) is 5.69 Å². The highest BCUT2D eigenvalue weighted by atomic mass is 35.5. The molecule has 0 amide bonds. The van der Waals surface area contributed by atoms with Crippen molar-refractivity contribution in [2.24, 2.45) is 0 Å². The Morgan fingerprint density at radius 3 is 2.32 bits per heavy atom. The Balaban J connectivity index is 1.74. The van der Waals surface area contributed by atoms with Crippen molar-refractivity contribution in [3.05, 3.63) is 71.4 Å². The van der Waals surface area contributed by atoms with Gasteiger partial charge in [-0.2, -0.15) is 5.10 Å². The molecule has 8 heteroatoms. The highest BCUT2D eigenvalue weighted by molar-refractivity contribution is 7.92. The second-order valence-corrected chi connectivity index (χ2v) is 7.23. The van der Waals surface area contributed by atoms with E-state index in [1.807, 2.05) is 6.92 Å². The minimum absolute atomic E-state index is 0.0203.